The standard InChI is InChI=1S/C12H10F5NO4/c13-9(14)5-7(11(20)21)18-10(19)6-3-1-2-4-8(6)22-12(15,16)17/h1-4,7,9H,5H2,(H,18,19)(H,20,21). The van der Waals surface area contributed by atoms with E-state index >= 15 is 0 Å². The van der Waals surface area contributed by atoms with E-state index in [1.165, 1.54) is 6.07 Å². The number of hydrogen-bond donors (Lipinski definition) is 2. The quantitative estimate of drug-likeness (QED) is 0.787. The van der Waals surface area contributed by atoms with Crippen LogP contribution in [0.4, 0.5) is 22.0 Å². The Kier molecular flexibility index (Phi) is 5.66. The molecule has 1 aromatic rings. The molecule has 2 N–H and O–H groups in total. The predicted octanol–water partition coefficient (Wildman–Crippen LogP) is 2.42. The van der Waals surface area contributed by atoms with Gasteiger partial charge in [0.1, 0.15) is 11.8 Å². The molecule has 0 fully saturated rings. The fraction of sp³-hybridized carbons (Fsp3) is 0.333. The Morgan fingerprint density at radius 3 is 2.32 bits per heavy atom. The van der Waals surface area contributed by atoms with Crippen LogP contribution in [-0.4, -0.2) is 35.8 Å². The number of ether oxygens (including phenoxy) is 1. The number of carboxylic acid groups (broad SMARTS) is 1. The maximum Gasteiger partial charge on any atom is 0.573 e. The lowest BCUT2D eigenvalue weighted by Gasteiger charge is -2.16. The second-order valence-corrected chi connectivity index (χ2v) is 4.04. The topological polar surface area (TPSA) is 75.6 Å². The summed E-state index contributed by atoms with van der Waals surface area (Å²) in [7, 11) is 0. The molecule has 122 valence electrons. The van der Waals surface area contributed by atoms with Crippen molar-refractivity contribution < 1.29 is 41.4 Å². The van der Waals surface area contributed by atoms with Crippen LogP contribution in [-0.2, 0) is 4.79 Å². The summed E-state index contributed by atoms with van der Waals surface area (Å²) in [5.74, 6) is -3.87. The van der Waals surface area contributed by atoms with Crippen molar-refractivity contribution >= 4 is 11.9 Å². The highest BCUT2D eigenvalue weighted by atomic mass is 19.4. The van der Waals surface area contributed by atoms with Crippen LogP contribution >= 0.6 is 0 Å². The van der Waals surface area contributed by atoms with E-state index in [-0.39, 0.29) is 0 Å². The number of halogens is 5. The number of amides is 1. The normalized spacial score (nSPS) is 12.8. The van der Waals surface area contributed by atoms with Crippen molar-refractivity contribution in [1.29, 1.82) is 0 Å². The first-order valence-electron chi connectivity index (χ1n) is 5.76. The Hall–Kier alpha value is -2.39. The van der Waals surface area contributed by atoms with Crippen LogP contribution in [0, 0.1) is 0 Å². The van der Waals surface area contributed by atoms with Crippen LogP contribution in [0.2, 0.25) is 0 Å². The minimum atomic E-state index is -5.06. The van der Waals surface area contributed by atoms with Crippen molar-refractivity contribution in [1.82, 2.24) is 5.32 Å². The van der Waals surface area contributed by atoms with Gasteiger partial charge in [0.2, 0.25) is 6.43 Å². The molecule has 0 saturated carbocycles. The number of nitrogens with one attached hydrogen (secondary N) is 1. The van der Waals surface area contributed by atoms with Crippen LogP contribution in [0.1, 0.15) is 16.8 Å². The molecule has 0 bridgehead atoms. The molecule has 1 rings (SSSR count). The first-order valence-corrected chi connectivity index (χ1v) is 5.76. The number of benzene rings is 1. The summed E-state index contributed by atoms with van der Waals surface area (Å²) in [6.45, 7) is 0. The van der Waals surface area contributed by atoms with Crippen molar-refractivity contribution in [2.24, 2.45) is 0 Å². The largest absolute Gasteiger partial charge is 0.573 e. The molecule has 0 saturated heterocycles. The van der Waals surface area contributed by atoms with Crippen molar-refractivity contribution in [3.63, 3.8) is 0 Å². The van der Waals surface area contributed by atoms with Crippen molar-refractivity contribution in [3.05, 3.63) is 29.8 Å². The molecule has 1 aromatic carbocycles. The Morgan fingerprint density at radius 2 is 1.82 bits per heavy atom. The molecule has 0 aliphatic carbocycles. The lowest BCUT2D eigenvalue weighted by Crippen LogP contribution is -2.42. The highest BCUT2D eigenvalue weighted by Gasteiger charge is 2.33. The summed E-state index contributed by atoms with van der Waals surface area (Å²) in [5, 5.41) is 10.4. The van der Waals surface area contributed by atoms with Crippen LogP contribution in [0.15, 0.2) is 24.3 Å². The Bertz CT molecular complexity index is 547. The molecule has 0 heterocycles. The SMILES string of the molecule is O=C(NC(CC(F)F)C(=O)O)c1ccccc1OC(F)(F)F. The van der Waals surface area contributed by atoms with E-state index in [9.17, 15) is 31.5 Å². The van der Waals surface area contributed by atoms with E-state index in [4.69, 9.17) is 5.11 Å². The summed E-state index contributed by atoms with van der Waals surface area (Å²) in [6, 6.07) is 2.21. The van der Waals surface area contributed by atoms with Crippen LogP contribution in [0.3, 0.4) is 0 Å². The third-order valence-corrected chi connectivity index (χ3v) is 2.37. The summed E-state index contributed by atoms with van der Waals surface area (Å²) in [4.78, 5) is 22.5. The predicted molar refractivity (Wildman–Crippen MR) is 62.6 cm³/mol. The van der Waals surface area contributed by atoms with E-state index in [2.05, 4.69) is 4.74 Å². The van der Waals surface area contributed by atoms with Gasteiger partial charge in [0.05, 0.1) is 5.56 Å². The molecule has 1 amide bonds. The first-order chi connectivity index (χ1) is 10.1. The van der Waals surface area contributed by atoms with Gasteiger partial charge in [-0.2, -0.15) is 0 Å². The zero-order valence-corrected chi connectivity index (χ0v) is 10.7. The highest BCUT2D eigenvalue weighted by molar-refractivity contribution is 5.98. The molecular formula is C12H10F5NO4. The average molecular weight is 327 g/mol. The van der Waals surface area contributed by atoms with E-state index in [1.54, 1.807) is 5.32 Å². The smallest absolute Gasteiger partial charge is 0.480 e. The maximum absolute atomic E-state index is 12.2. The van der Waals surface area contributed by atoms with Gasteiger partial charge in [-0.3, -0.25) is 4.79 Å². The summed E-state index contributed by atoms with van der Waals surface area (Å²) >= 11 is 0. The number of para-hydroxylation sites is 1. The van der Waals surface area contributed by atoms with Gasteiger partial charge in [0.15, 0.2) is 0 Å². The van der Waals surface area contributed by atoms with Gasteiger partial charge in [-0.15, -0.1) is 13.2 Å². The molecule has 10 heteroatoms. The van der Waals surface area contributed by atoms with E-state index in [0.29, 0.717) is 0 Å². The molecule has 0 aliphatic rings. The first kappa shape index (κ1) is 17.7. The molecular weight excluding hydrogens is 317 g/mol. The molecule has 0 aromatic heterocycles. The van der Waals surface area contributed by atoms with Crippen molar-refractivity contribution in [2.45, 2.75) is 25.3 Å². The van der Waals surface area contributed by atoms with Gasteiger partial charge >= 0.3 is 12.3 Å². The van der Waals surface area contributed by atoms with Gasteiger partial charge < -0.3 is 15.2 Å². The number of carbonyl (C=O) groups excluding carboxylic acids is 1. The molecule has 5 nitrogen and oxygen atoms in total. The zero-order chi connectivity index (χ0) is 16.9. The second kappa shape index (κ2) is 7.05. The number of alkyl halides is 5. The van der Waals surface area contributed by atoms with Gasteiger partial charge in [-0.1, -0.05) is 12.1 Å². The van der Waals surface area contributed by atoms with Gasteiger partial charge in [-0.05, 0) is 12.1 Å². The molecule has 0 radical (unpaired) electrons. The fourth-order valence-electron chi connectivity index (χ4n) is 1.50. The number of aliphatic carboxylic acids is 1. The van der Waals surface area contributed by atoms with Gasteiger partial charge in [-0.25, -0.2) is 13.6 Å². The van der Waals surface area contributed by atoms with Gasteiger partial charge in [0, 0.05) is 6.42 Å². The Morgan fingerprint density at radius 1 is 1.23 bits per heavy atom. The number of carboxylic acids is 1. The lowest BCUT2D eigenvalue weighted by atomic mass is 10.1. The van der Waals surface area contributed by atoms with Crippen LogP contribution < -0.4 is 10.1 Å². The Balaban J connectivity index is 2.95. The third-order valence-electron chi connectivity index (χ3n) is 2.37. The van der Waals surface area contributed by atoms with Crippen LogP contribution in [0.5, 0.6) is 5.75 Å². The highest BCUT2D eigenvalue weighted by Crippen LogP contribution is 2.26. The molecule has 1 unspecified atom stereocenters. The monoisotopic (exact) mass is 327 g/mol. The number of carbonyl (C=O) groups is 2. The fourth-order valence-corrected chi connectivity index (χ4v) is 1.50. The summed E-state index contributed by atoms with van der Waals surface area (Å²) < 4.78 is 64.6. The number of rotatable bonds is 6. The molecule has 1 atom stereocenters. The zero-order valence-electron chi connectivity index (χ0n) is 10.7. The minimum Gasteiger partial charge on any atom is -0.480 e. The van der Waals surface area contributed by atoms with Crippen molar-refractivity contribution in [2.75, 3.05) is 0 Å². The maximum atomic E-state index is 12.2. The average Bonchev–Trinajstić information content (AvgIpc) is 2.35. The van der Waals surface area contributed by atoms with Gasteiger partial charge in [0.25, 0.3) is 5.91 Å². The van der Waals surface area contributed by atoms with Crippen LogP contribution in [0.25, 0.3) is 0 Å². The van der Waals surface area contributed by atoms with E-state index < -0.39 is 48.4 Å². The van der Waals surface area contributed by atoms with E-state index in [1.807, 2.05) is 0 Å². The van der Waals surface area contributed by atoms with Crippen molar-refractivity contribution in [3.8, 4) is 5.75 Å². The Labute approximate surface area is 120 Å². The molecule has 0 aliphatic heterocycles. The molecule has 22 heavy (non-hydrogen) atoms. The lowest BCUT2D eigenvalue weighted by molar-refractivity contribution is -0.274. The van der Waals surface area contributed by atoms with E-state index in [0.717, 1.165) is 18.2 Å². The summed E-state index contributed by atoms with van der Waals surface area (Å²) in [5.41, 5.74) is -0.625. The minimum absolute atomic E-state index is 0.625. The number of hydrogen-bond acceptors (Lipinski definition) is 3. The second-order valence-electron chi connectivity index (χ2n) is 4.04. The summed E-state index contributed by atoms with van der Waals surface area (Å²) in [6.07, 6.45) is -9.25. The molecule has 0 spiro atoms. The third kappa shape index (κ3) is 5.54.